The molecule has 1 aromatic rings. The van der Waals surface area contributed by atoms with E-state index in [1.807, 2.05) is 0 Å². The minimum absolute atomic E-state index is 0.445. The predicted molar refractivity (Wildman–Crippen MR) is 70.9 cm³/mol. The Morgan fingerprint density at radius 1 is 1.31 bits per heavy atom. The summed E-state index contributed by atoms with van der Waals surface area (Å²) in [6.07, 6.45) is 5.12. The van der Waals surface area contributed by atoms with Crippen molar-refractivity contribution in [1.29, 1.82) is 0 Å². The molecule has 1 heteroatoms. The number of para-hydroxylation sites is 1. The lowest BCUT2D eigenvalue weighted by Crippen LogP contribution is -2.31. The zero-order chi connectivity index (χ0) is 11.6. The molecule has 1 fully saturated rings. The van der Waals surface area contributed by atoms with E-state index in [-0.39, 0.29) is 0 Å². The summed E-state index contributed by atoms with van der Waals surface area (Å²) in [4.78, 5) is 0. The minimum Gasteiger partial charge on any atom is -0.382 e. The number of benzene rings is 1. The Morgan fingerprint density at radius 2 is 2.06 bits per heavy atom. The molecule has 0 saturated heterocycles. The van der Waals surface area contributed by atoms with Gasteiger partial charge >= 0.3 is 0 Å². The Kier molecular flexibility index (Phi) is 3.22. The summed E-state index contributed by atoms with van der Waals surface area (Å²) < 4.78 is 0. The van der Waals surface area contributed by atoms with Gasteiger partial charge in [0.05, 0.1) is 0 Å². The molecule has 0 amide bonds. The van der Waals surface area contributed by atoms with Crippen LogP contribution >= 0.6 is 0 Å². The summed E-state index contributed by atoms with van der Waals surface area (Å²) >= 11 is 0. The van der Waals surface area contributed by atoms with Gasteiger partial charge < -0.3 is 5.32 Å². The van der Waals surface area contributed by atoms with E-state index in [2.05, 4.69) is 50.4 Å². The maximum absolute atomic E-state index is 3.75. The van der Waals surface area contributed by atoms with E-state index in [0.717, 1.165) is 6.42 Å². The summed E-state index contributed by atoms with van der Waals surface area (Å²) in [7, 11) is 0. The Morgan fingerprint density at radius 3 is 2.69 bits per heavy atom. The highest BCUT2D eigenvalue weighted by Crippen LogP contribution is 2.39. The number of hydrogen-bond donors (Lipinski definition) is 1. The van der Waals surface area contributed by atoms with E-state index < -0.39 is 0 Å². The van der Waals surface area contributed by atoms with E-state index in [1.165, 1.54) is 30.5 Å². The van der Waals surface area contributed by atoms with Crippen LogP contribution in [0.1, 0.15) is 45.6 Å². The second-order valence-electron chi connectivity index (χ2n) is 5.59. The third kappa shape index (κ3) is 2.23. The van der Waals surface area contributed by atoms with E-state index in [9.17, 15) is 0 Å². The van der Waals surface area contributed by atoms with Crippen LogP contribution in [0.2, 0.25) is 0 Å². The van der Waals surface area contributed by atoms with Crippen molar-refractivity contribution < 1.29 is 0 Å². The topological polar surface area (TPSA) is 12.0 Å². The van der Waals surface area contributed by atoms with Gasteiger partial charge in [-0.1, -0.05) is 45.4 Å². The zero-order valence-corrected chi connectivity index (χ0v) is 10.7. The molecule has 1 atom stereocenters. The number of nitrogens with one attached hydrogen (secondary N) is 1. The smallest absolute Gasteiger partial charge is 0.0374 e. The first-order chi connectivity index (χ1) is 7.63. The first-order valence-corrected chi connectivity index (χ1v) is 6.48. The van der Waals surface area contributed by atoms with Crippen LogP contribution in [0.4, 0.5) is 5.69 Å². The molecule has 2 rings (SSSR count). The highest BCUT2D eigenvalue weighted by Gasteiger charge is 2.34. The largest absolute Gasteiger partial charge is 0.382 e. The normalized spacial score (nSPS) is 23.3. The fourth-order valence-corrected chi connectivity index (χ4v) is 2.75. The van der Waals surface area contributed by atoms with Gasteiger partial charge in [0, 0.05) is 11.7 Å². The minimum atomic E-state index is 0.445. The summed E-state index contributed by atoms with van der Waals surface area (Å²) in [6.45, 7) is 6.98. The summed E-state index contributed by atoms with van der Waals surface area (Å²) in [5.74, 6) is 0. The van der Waals surface area contributed by atoms with Crippen LogP contribution in [0, 0.1) is 5.41 Å². The molecule has 0 aromatic heterocycles. The molecule has 1 nitrogen and oxygen atoms in total. The molecule has 1 aliphatic carbocycles. The molecule has 88 valence electrons. The van der Waals surface area contributed by atoms with Gasteiger partial charge in [0.15, 0.2) is 0 Å². The monoisotopic (exact) mass is 217 g/mol. The fourth-order valence-electron chi connectivity index (χ4n) is 2.75. The Balaban J connectivity index is 2.14. The van der Waals surface area contributed by atoms with Crippen LogP contribution in [-0.4, -0.2) is 6.04 Å². The van der Waals surface area contributed by atoms with E-state index in [1.54, 1.807) is 0 Å². The maximum Gasteiger partial charge on any atom is 0.0374 e. The average molecular weight is 217 g/mol. The molecule has 1 unspecified atom stereocenters. The molecule has 1 aromatic carbocycles. The summed E-state index contributed by atoms with van der Waals surface area (Å²) in [6, 6.07) is 9.34. The third-order valence-corrected chi connectivity index (χ3v) is 3.99. The second-order valence-corrected chi connectivity index (χ2v) is 5.59. The molecule has 0 bridgehead atoms. The van der Waals surface area contributed by atoms with Crippen LogP contribution in [0.15, 0.2) is 24.3 Å². The van der Waals surface area contributed by atoms with Crippen LogP contribution in [0.3, 0.4) is 0 Å². The highest BCUT2D eigenvalue weighted by atomic mass is 14.9. The maximum atomic E-state index is 3.75. The quantitative estimate of drug-likeness (QED) is 0.798. The van der Waals surface area contributed by atoms with E-state index in [4.69, 9.17) is 0 Å². The molecule has 1 N–H and O–H groups in total. The van der Waals surface area contributed by atoms with Gasteiger partial charge in [0.1, 0.15) is 0 Å². The predicted octanol–water partition coefficient (Wildman–Crippen LogP) is 4.24. The molecule has 1 saturated carbocycles. The number of anilines is 1. The van der Waals surface area contributed by atoms with Gasteiger partial charge in [-0.05, 0) is 36.3 Å². The average Bonchev–Trinajstić information content (AvgIpc) is 2.59. The Labute approximate surface area is 99.3 Å². The number of rotatable bonds is 3. The highest BCUT2D eigenvalue weighted by molar-refractivity contribution is 5.52. The van der Waals surface area contributed by atoms with E-state index in [0.29, 0.717) is 11.5 Å². The van der Waals surface area contributed by atoms with Gasteiger partial charge in [0.25, 0.3) is 0 Å². The fraction of sp³-hybridized carbons (Fsp3) is 0.600. The van der Waals surface area contributed by atoms with Crippen LogP contribution in [0.5, 0.6) is 0 Å². The van der Waals surface area contributed by atoms with Crippen LogP contribution < -0.4 is 5.32 Å². The summed E-state index contributed by atoms with van der Waals surface area (Å²) in [5, 5.41) is 3.75. The third-order valence-electron chi connectivity index (χ3n) is 3.99. The van der Waals surface area contributed by atoms with Crippen LogP contribution in [-0.2, 0) is 6.42 Å². The van der Waals surface area contributed by atoms with Gasteiger partial charge in [-0.25, -0.2) is 0 Å². The van der Waals surface area contributed by atoms with Crippen LogP contribution in [0.25, 0.3) is 0 Å². The standard InChI is InChI=1S/C15H23N/c1-4-12-8-5-6-9-13(12)16-14-10-7-11-15(14,2)3/h5-6,8-9,14,16H,4,7,10-11H2,1-3H3. The van der Waals surface area contributed by atoms with Crippen molar-refractivity contribution in [3.8, 4) is 0 Å². The van der Waals surface area contributed by atoms with Gasteiger partial charge in [-0.2, -0.15) is 0 Å². The van der Waals surface area contributed by atoms with Gasteiger partial charge in [0.2, 0.25) is 0 Å². The molecule has 1 aliphatic rings. The first kappa shape index (κ1) is 11.5. The van der Waals surface area contributed by atoms with E-state index >= 15 is 0 Å². The van der Waals surface area contributed by atoms with Gasteiger partial charge in [-0.3, -0.25) is 0 Å². The second kappa shape index (κ2) is 4.48. The lowest BCUT2D eigenvalue weighted by molar-refractivity contribution is 0.350. The molecule has 0 spiro atoms. The number of aryl methyl sites for hydroxylation is 1. The molecule has 0 heterocycles. The molecular formula is C15H23N. The number of hydrogen-bond acceptors (Lipinski definition) is 1. The van der Waals surface area contributed by atoms with Crippen molar-refractivity contribution in [3.05, 3.63) is 29.8 Å². The lowest BCUT2D eigenvalue weighted by atomic mass is 9.87. The van der Waals surface area contributed by atoms with Crippen molar-refractivity contribution in [2.45, 2.75) is 52.5 Å². The lowest BCUT2D eigenvalue weighted by Gasteiger charge is -2.29. The van der Waals surface area contributed by atoms with Gasteiger partial charge in [-0.15, -0.1) is 0 Å². The van der Waals surface area contributed by atoms with Crippen molar-refractivity contribution in [3.63, 3.8) is 0 Å². The molecule has 16 heavy (non-hydrogen) atoms. The zero-order valence-electron chi connectivity index (χ0n) is 10.7. The Hall–Kier alpha value is -0.980. The summed E-state index contributed by atoms with van der Waals surface area (Å²) in [5.41, 5.74) is 3.22. The molecular weight excluding hydrogens is 194 g/mol. The van der Waals surface area contributed by atoms with Crippen molar-refractivity contribution in [1.82, 2.24) is 0 Å². The van der Waals surface area contributed by atoms with Crippen molar-refractivity contribution >= 4 is 5.69 Å². The molecule has 0 radical (unpaired) electrons. The Bertz CT molecular complexity index is 354. The first-order valence-electron chi connectivity index (χ1n) is 6.48. The SMILES string of the molecule is CCc1ccccc1NC1CCCC1(C)C. The van der Waals surface area contributed by atoms with Crippen molar-refractivity contribution in [2.75, 3.05) is 5.32 Å². The van der Waals surface area contributed by atoms with Crippen molar-refractivity contribution in [2.24, 2.45) is 5.41 Å². The molecule has 0 aliphatic heterocycles.